The van der Waals surface area contributed by atoms with Crippen molar-refractivity contribution in [1.29, 1.82) is 0 Å². The van der Waals surface area contributed by atoms with Crippen molar-refractivity contribution < 1.29 is 0 Å². The highest BCUT2D eigenvalue weighted by Gasteiger charge is 2.25. The van der Waals surface area contributed by atoms with E-state index in [9.17, 15) is 0 Å². The van der Waals surface area contributed by atoms with E-state index in [1.165, 1.54) is 10.7 Å². The third kappa shape index (κ3) is 4.74. The normalized spacial score (nSPS) is 23.4. The summed E-state index contributed by atoms with van der Waals surface area (Å²) in [5, 5.41) is 3.36. The van der Waals surface area contributed by atoms with E-state index in [0.717, 1.165) is 32.5 Å². The lowest BCUT2D eigenvalue weighted by Crippen LogP contribution is -2.51. The van der Waals surface area contributed by atoms with Gasteiger partial charge in [0.2, 0.25) is 0 Å². The number of likely N-dealkylation sites (N-methyl/N-ethyl adjacent to an activating group) is 2. The van der Waals surface area contributed by atoms with E-state index in [1.54, 1.807) is 11.3 Å². The zero-order chi connectivity index (χ0) is 15.6. The molecule has 2 N–H and O–H groups in total. The second kappa shape index (κ2) is 6.73. The van der Waals surface area contributed by atoms with Gasteiger partial charge in [-0.1, -0.05) is 20.8 Å². The SMILES string of the molecule is CN1CCN(C)C(CC(N)Cc2nc(C(C)(C)C)cs2)C1. The van der Waals surface area contributed by atoms with Crippen molar-refractivity contribution >= 4 is 11.3 Å². The van der Waals surface area contributed by atoms with Gasteiger partial charge >= 0.3 is 0 Å². The van der Waals surface area contributed by atoms with Gasteiger partial charge in [-0.2, -0.15) is 0 Å². The molecule has 120 valence electrons. The molecule has 5 heteroatoms. The van der Waals surface area contributed by atoms with Gasteiger partial charge < -0.3 is 15.5 Å². The number of hydrogen-bond donors (Lipinski definition) is 1. The summed E-state index contributed by atoms with van der Waals surface area (Å²) in [6, 6.07) is 0.767. The van der Waals surface area contributed by atoms with Crippen LogP contribution in [0.5, 0.6) is 0 Å². The van der Waals surface area contributed by atoms with Crippen molar-refractivity contribution in [3.05, 3.63) is 16.1 Å². The standard InChI is InChI=1S/C16H30N4S/c1-16(2,3)14-11-21-15(18-14)9-12(17)8-13-10-19(4)6-7-20(13)5/h11-13H,6-10,17H2,1-5H3. The van der Waals surface area contributed by atoms with E-state index in [1.807, 2.05) is 0 Å². The first-order chi connectivity index (χ1) is 9.75. The fraction of sp³-hybridized carbons (Fsp3) is 0.812. The van der Waals surface area contributed by atoms with E-state index < -0.39 is 0 Å². The molecule has 2 atom stereocenters. The van der Waals surface area contributed by atoms with Crippen LogP contribution in [-0.2, 0) is 11.8 Å². The summed E-state index contributed by atoms with van der Waals surface area (Å²) in [5.41, 5.74) is 7.70. The van der Waals surface area contributed by atoms with Crippen LogP contribution in [0.15, 0.2) is 5.38 Å². The van der Waals surface area contributed by atoms with Crippen molar-refractivity contribution in [2.75, 3.05) is 33.7 Å². The Morgan fingerprint density at radius 2 is 2.10 bits per heavy atom. The molecule has 1 saturated heterocycles. The van der Waals surface area contributed by atoms with Crippen molar-refractivity contribution in [2.24, 2.45) is 5.73 Å². The van der Waals surface area contributed by atoms with Crippen LogP contribution < -0.4 is 5.73 Å². The van der Waals surface area contributed by atoms with Crippen LogP contribution >= 0.6 is 11.3 Å². The summed E-state index contributed by atoms with van der Waals surface area (Å²) in [6.07, 6.45) is 1.94. The fourth-order valence-corrected chi connectivity index (χ4v) is 3.88. The lowest BCUT2D eigenvalue weighted by Gasteiger charge is -2.38. The Labute approximate surface area is 133 Å². The molecule has 21 heavy (non-hydrogen) atoms. The van der Waals surface area contributed by atoms with Gasteiger partial charge in [-0.15, -0.1) is 11.3 Å². The first-order valence-electron chi connectivity index (χ1n) is 7.85. The van der Waals surface area contributed by atoms with Crippen molar-refractivity contribution in [1.82, 2.24) is 14.8 Å². The summed E-state index contributed by atoms with van der Waals surface area (Å²) in [7, 11) is 4.41. The van der Waals surface area contributed by atoms with Crippen molar-refractivity contribution in [2.45, 2.75) is 51.1 Å². The van der Waals surface area contributed by atoms with Gasteiger partial charge in [0.15, 0.2) is 0 Å². The van der Waals surface area contributed by atoms with Crippen LogP contribution in [0.25, 0.3) is 0 Å². The Bertz CT molecular complexity index is 451. The van der Waals surface area contributed by atoms with E-state index in [2.05, 4.69) is 50.0 Å². The highest BCUT2D eigenvalue weighted by molar-refractivity contribution is 7.09. The number of hydrogen-bond acceptors (Lipinski definition) is 5. The van der Waals surface area contributed by atoms with Gasteiger partial charge in [0.05, 0.1) is 10.7 Å². The van der Waals surface area contributed by atoms with E-state index >= 15 is 0 Å². The number of aromatic nitrogens is 1. The molecule has 0 aromatic carbocycles. The highest BCUT2D eigenvalue weighted by Crippen LogP contribution is 2.24. The Morgan fingerprint density at radius 3 is 2.71 bits per heavy atom. The maximum Gasteiger partial charge on any atom is 0.0943 e. The van der Waals surface area contributed by atoms with Crippen molar-refractivity contribution in [3.63, 3.8) is 0 Å². The minimum Gasteiger partial charge on any atom is -0.327 e. The van der Waals surface area contributed by atoms with Crippen LogP contribution in [0.2, 0.25) is 0 Å². The molecule has 0 bridgehead atoms. The number of nitrogens with zero attached hydrogens (tertiary/aromatic N) is 3. The van der Waals surface area contributed by atoms with E-state index in [-0.39, 0.29) is 11.5 Å². The van der Waals surface area contributed by atoms with E-state index in [4.69, 9.17) is 10.7 Å². The topological polar surface area (TPSA) is 45.4 Å². The maximum atomic E-state index is 6.38. The third-order valence-corrected chi connectivity index (χ3v) is 5.18. The van der Waals surface area contributed by atoms with Gasteiger partial charge in [-0.05, 0) is 20.5 Å². The Kier molecular flexibility index (Phi) is 5.41. The molecular weight excluding hydrogens is 280 g/mol. The fourth-order valence-electron chi connectivity index (χ4n) is 2.76. The lowest BCUT2D eigenvalue weighted by molar-refractivity contribution is 0.104. The monoisotopic (exact) mass is 310 g/mol. The van der Waals surface area contributed by atoms with E-state index in [0.29, 0.717) is 6.04 Å². The number of nitrogens with two attached hydrogens (primary N) is 1. The predicted octanol–water partition coefficient (Wildman–Crippen LogP) is 1.95. The van der Waals surface area contributed by atoms with Crippen molar-refractivity contribution in [3.8, 4) is 0 Å². The molecule has 1 aliphatic rings. The molecule has 4 nitrogen and oxygen atoms in total. The molecule has 1 aromatic rings. The second-order valence-corrected chi connectivity index (χ2v) is 8.42. The molecule has 0 aliphatic carbocycles. The number of rotatable bonds is 4. The average molecular weight is 311 g/mol. The van der Waals surface area contributed by atoms with Gasteiger partial charge in [-0.25, -0.2) is 4.98 Å². The molecule has 1 aromatic heterocycles. The second-order valence-electron chi connectivity index (χ2n) is 7.47. The van der Waals surface area contributed by atoms with Crippen LogP contribution in [0.4, 0.5) is 0 Å². The maximum absolute atomic E-state index is 6.38. The summed E-state index contributed by atoms with van der Waals surface area (Å²) >= 11 is 1.75. The Morgan fingerprint density at radius 1 is 1.38 bits per heavy atom. The van der Waals surface area contributed by atoms with Crippen LogP contribution in [-0.4, -0.2) is 60.6 Å². The van der Waals surface area contributed by atoms with Gasteiger partial charge in [0.1, 0.15) is 0 Å². The highest BCUT2D eigenvalue weighted by atomic mass is 32.1. The Balaban J connectivity index is 1.89. The molecule has 1 aliphatic heterocycles. The minimum absolute atomic E-state index is 0.130. The Hall–Kier alpha value is -0.490. The quantitative estimate of drug-likeness (QED) is 0.923. The molecule has 2 rings (SSSR count). The molecule has 1 fully saturated rings. The largest absolute Gasteiger partial charge is 0.327 e. The average Bonchev–Trinajstić information content (AvgIpc) is 2.82. The summed E-state index contributed by atoms with van der Waals surface area (Å²) in [5.74, 6) is 0. The molecule has 0 radical (unpaired) electrons. The molecule has 0 amide bonds. The first kappa shape index (κ1) is 16.9. The molecule has 2 unspecified atom stereocenters. The zero-order valence-electron chi connectivity index (χ0n) is 14.1. The van der Waals surface area contributed by atoms with Gasteiger partial charge in [0.25, 0.3) is 0 Å². The summed E-state index contributed by atoms with van der Waals surface area (Å²) in [4.78, 5) is 9.61. The molecule has 2 heterocycles. The minimum atomic E-state index is 0.130. The number of thiazole rings is 1. The lowest BCUT2D eigenvalue weighted by atomic mass is 9.93. The summed E-state index contributed by atoms with van der Waals surface area (Å²) < 4.78 is 0. The van der Waals surface area contributed by atoms with Crippen LogP contribution in [0.3, 0.4) is 0 Å². The van der Waals surface area contributed by atoms with Gasteiger partial charge in [0, 0.05) is 48.9 Å². The van der Waals surface area contributed by atoms with Crippen LogP contribution in [0.1, 0.15) is 37.9 Å². The summed E-state index contributed by atoms with van der Waals surface area (Å²) in [6.45, 7) is 10.0. The van der Waals surface area contributed by atoms with Crippen LogP contribution in [0, 0.1) is 0 Å². The molecule has 0 spiro atoms. The third-order valence-electron chi connectivity index (χ3n) is 4.31. The smallest absolute Gasteiger partial charge is 0.0943 e. The predicted molar refractivity (Wildman–Crippen MR) is 91.0 cm³/mol. The first-order valence-corrected chi connectivity index (χ1v) is 8.73. The molecule has 0 saturated carbocycles. The van der Waals surface area contributed by atoms with Gasteiger partial charge in [-0.3, -0.25) is 0 Å². The zero-order valence-corrected chi connectivity index (χ0v) is 14.9. The molecular formula is C16H30N4S. The number of piperazine rings is 1.